The molecule has 0 bridgehead atoms. The average Bonchev–Trinajstić information content (AvgIpc) is 2.48. The van der Waals surface area contributed by atoms with Gasteiger partial charge in [0.2, 0.25) is 5.91 Å². The first-order valence-electron chi connectivity index (χ1n) is 7.45. The number of likely N-dealkylation sites (tertiary alicyclic amines) is 1. The zero-order chi connectivity index (χ0) is 15.4. The van der Waals surface area contributed by atoms with Crippen molar-refractivity contribution in [2.75, 3.05) is 13.1 Å². The first kappa shape index (κ1) is 18.8. The van der Waals surface area contributed by atoms with E-state index in [1.54, 1.807) is 4.90 Å². The van der Waals surface area contributed by atoms with Crippen LogP contribution in [0.4, 0.5) is 8.78 Å². The Balaban J connectivity index is 0.00000242. The quantitative estimate of drug-likeness (QED) is 0.921. The van der Waals surface area contributed by atoms with Crippen LogP contribution >= 0.6 is 12.4 Å². The number of nitrogens with two attached hydrogens (primary N) is 1. The van der Waals surface area contributed by atoms with Crippen molar-refractivity contribution < 1.29 is 13.6 Å². The van der Waals surface area contributed by atoms with Crippen LogP contribution in [0.25, 0.3) is 0 Å². The Morgan fingerprint density at radius 2 is 2.00 bits per heavy atom. The lowest BCUT2D eigenvalue weighted by atomic mass is 9.91. The number of hydrogen-bond donors (Lipinski definition) is 1. The van der Waals surface area contributed by atoms with Gasteiger partial charge in [-0.15, -0.1) is 12.4 Å². The van der Waals surface area contributed by atoms with Crippen molar-refractivity contribution in [1.29, 1.82) is 0 Å². The monoisotopic (exact) mass is 332 g/mol. The van der Waals surface area contributed by atoms with E-state index in [0.717, 1.165) is 18.9 Å². The van der Waals surface area contributed by atoms with Crippen LogP contribution in [0.5, 0.6) is 0 Å². The molecule has 1 aromatic rings. The minimum Gasteiger partial charge on any atom is -0.343 e. The number of rotatable bonds is 4. The summed E-state index contributed by atoms with van der Waals surface area (Å²) in [6.07, 6.45) is 2.27. The Kier molecular flexibility index (Phi) is 7.23. The highest BCUT2D eigenvalue weighted by atomic mass is 35.5. The number of hydrogen-bond acceptors (Lipinski definition) is 2. The second kappa shape index (κ2) is 8.44. The fourth-order valence-corrected chi connectivity index (χ4v) is 2.82. The molecule has 1 fully saturated rings. The van der Waals surface area contributed by atoms with E-state index in [-0.39, 0.29) is 42.8 Å². The molecule has 2 rings (SSSR count). The predicted octanol–water partition coefficient (Wildman–Crippen LogP) is 2.91. The van der Waals surface area contributed by atoms with Gasteiger partial charge < -0.3 is 10.6 Å². The molecule has 1 unspecified atom stereocenters. The van der Waals surface area contributed by atoms with Gasteiger partial charge in [0.1, 0.15) is 0 Å². The van der Waals surface area contributed by atoms with E-state index in [1.807, 2.05) is 6.92 Å². The molecule has 0 aliphatic carbocycles. The molecular weight excluding hydrogens is 310 g/mol. The van der Waals surface area contributed by atoms with Crippen LogP contribution in [0.15, 0.2) is 18.2 Å². The molecule has 124 valence electrons. The van der Waals surface area contributed by atoms with Crippen molar-refractivity contribution in [3.63, 3.8) is 0 Å². The van der Waals surface area contributed by atoms with Gasteiger partial charge in [-0.05, 0) is 43.7 Å². The van der Waals surface area contributed by atoms with Crippen molar-refractivity contribution >= 4 is 18.3 Å². The third-order valence-electron chi connectivity index (χ3n) is 4.28. The fraction of sp³-hybridized carbons (Fsp3) is 0.562. The molecule has 1 aliphatic heterocycles. The molecule has 22 heavy (non-hydrogen) atoms. The summed E-state index contributed by atoms with van der Waals surface area (Å²) in [5.74, 6) is -1.24. The fourth-order valence-electron chi connectivity index (χ4n) is 2.82. The van der Waals surface area contributed by atoms with Gasteiger partial charge >= 0.3 is 0 Å². The van der Waals surface area contributed by atoms with Crippen LogP contribution < -0.4 is 5.73 Å². The van der Waals surface area contributed by atoms with Gasteiger partial charge in [0.25, 0.3) is 0 Å². The number of aryl methyl sites for hydroxylation is 1. The molecule has 0 radical (unpaired) electrons. The van der Waals surface area contributed by atoms with Crippen LogP contribution in [0.1, 0.15) is 31.7 Å². The van der Waals surface area contributed by atoms with E-state index in [0.29, 0.717) is 19.0 Å². The van der Waals surface area contributed by atoms with Crippen molar-refractivity contribution in [2.45, 2.75) is 38.6 Å². The van der Waals surface area contributed by atoms with Gasteiger partial charge in [0.05, 0.1) is 0 Å². The standard InChI is InChI=1S/C16H22F2N2O.ClH/c1-11(19)12-7-9-20(10-8-12)15(21)6-5-13-3-2-4-14(17)16(13)18;/h2-4,11-12H,5-10,19H2,1H3;1H. The molecule has 1 amide bonds. The maximum atomic E-state index is 13.5. The van der Waals surface area contributed by atoms with Crippen LogP contribution in [0.3, 0.4) is 0 Å². The molecule has 2 N–H and O–H groups in total. The summed E-state index contributed by atoms with van der Waals surface area (Å²) in [7, 11) is 0. The zero-order valence-electron chi connectivity index (χ0n) is 12.7. The maximum Gasteiger partial charge on any atom is 0.222 e. The number of piperidine rings is 1. The SMILES string of the molecule is CC(N)C1CCN(C(=O)CCc2cccc(F)c2F)CC1.Cl. The van der Waals surface area contributed by atoms with Crippen LogP contribution in [-0.4, -0.2) is 29.9 Å². The number of nitrogens with zero attached hydrogens (tertiary/aromatic N) is 1. The molecule has 0 saturated carbocycles. The third-order valence-corrected chi connectivity index (χ3v) is 4.28. The van der Waals surface area contributed by atoms with Gasteiger partial charge in [-0.1, -0.05) is 12.1 Å². The van der Waals surface area contributed by atoms with Crippen molar-refractivity contribution in [3.8, 4) is 0 Å². The van der Waals surface area contributed by atoms with E-state index in [2.05, 4.69) is 0 Å². The topological polar surface area (TPSA) is 46.3 Å². The molecule has 1 heterocycles. The van der Waals surface area contributed by atoms with Gasteiger partial charge in [-0.2, -0.15) is 0 Å². The summed E-state index contributed by atoms with van der Waals surface area (Å²) in [5, 5.41) is 0. The average molecular weight is 333 g/mol. The number of halogens is 3. The van der Waals surface area contributed by atoms with Gasteiger partial charge in [-0.3, -0.25) is 4.79 Å². The number of benzene rings is 1. The van der Waals surface area contributed by atoms with Crippen LogP contribution in [-0.2, 0) is 11.2 Å². The Hall–Kier alpha value is -1.20. The summed E-state index contributed by atoms with van der Waals surface area (Å²) in [6.45, 7) is 3.40. The lowest BCUT2D eigenvalue weighted by Gasteiger charge is -2.33. The second-order valence-electron chi connectivity index (χ2n) is 5.79. The molecule has 0 aromatic heterocycles. The van der Waals surface area contributed by atoms with Crippen LogP contribution in [0, 0.1) is 17.6 Å². The van der Waals surface area contributed by atoms with Crippen molar-refractivity contribution in [3.05, 3.63) is 35.4 Å². The van der Waals surface area contributed by atoms with E-state index in [4.69, 9.17) is 5.73 Å². The Bertz CT molecular complexity index is 503. The lowest BCUT2D eigenvalue weighted by Crippen LogP contribution is -2.42. The first-order valence-corrected chi connectivity index (χ1v) is 7.45. The Morgan fingerprint density at radius 3 is 2.59 bits per heavy atom. The van der Waals surface area contributed by atoms with Gasteiger partial charge in [-0.25, -0.2) is 8.78 Å². The van der Waals surface area contributed by atoms with E-state index >= 15 is 0 Å². The summed E-state index contributed by atoms with van der Waals surface area (Å²) < 4.78 is 26.6. The van der Waals surface area contributed by atoms with Crippen molar-refractivity contribution in [2.24, 2.45) is 11.7 Å². The molecule has 1 aliphatic rings. The molecule has 3 nitrogen and oxygen atoms in total. The molecule has 1 aromatic carbocycles. The highest BCUT2D eigenvalue weighted by Gasteiger charge is 2.24. The minimum absolute atomic E-state index is 0. The summed E-state index contributed by atoms with van der Waals surface area (Å²) in [6, 6.07) is 4.23. The largest absolute Gasteiger partial charge is 0.343 e. The second-order valence-corrected chi connectivity index (χ2v) is 5.79. The Labute approximate surface area is 136 Å². The van der Waals surface area contributed by atoms with E-state index in [9.17, 15) is 13.6 Å². The molecule has 1 atom stereocenters. The smallest absolute Gasteiger partial charge is 0.222 e. The van der Waals surface area contributed by atoms with Gasteiger partial charge in [0, 0.05) is 25.6 Å². The number of carbonyl (C=O) groups is 1. The molecule has 1 saturated heterocycles. The van der Waals surface area contributed by atoms with Gasteiger partial charge in [0.15, 0.2) is 11.6 Å². The highest BCUT2D eigenvalue weighted by Crippen LogP contribution is 2.21. The number of carbonyl (C=O) groups excluding carboxylic acids is 1. The van der Waals surface area contributed by atoms with Crippen LogP contribution in [0.2, 0.25) is 0 Å². The molecular formula is C16H23ClF2N2O. The maximum absolute atomic E-state index is 13.5. The Morgan fingerprint density at radius 1 is 1.36 bits per heavy atom. The summed E-state index contributed by atoms with van der Waals surface area (Å²) in [5.41, 5.74) is 6.13. The summed E-state index contributed by atoms with van der Waals surface area (Å²) >= 11 is 0. The highest BCUT2D eigenvalue weighted by molar-refractivity contribution is 5.85. The normalized spacial score (nSPS) is 17.0. The summed E-state index contributed by atoms with van der Waals surface area (Å²) in [4.78, 5) is 13.9. The molecule has 0 spiro atoms. The predicted molar refractivity (Wildman–Crippen MR) is 84.9 cm³/mol. The third kappa shape index (κ3) is 4.65. The lowest BCUT2D eigenvalue weighted by molar-refractivity contribution is -0.132. The molecule has 6 heteroatoms. The zero-order valence-corrected chi connectivity index (χ0v) is 13.5. The minimum atomic E-state index is -0.863. The number of amides is 1. The van der Waals surface area contributed by atoms with E-state index in [1.165, 1.54) is 12.1 Å². The first-order chi connectivity index (χ1) is 9.99. The van der Waals surface area contributed by atoms with E-state index < -0.39 is 11.6 Å². The van der Waals surface area contributed by atoms with Crippen molar-refractivity contribution in [1.82, 2.24) is 4.90 Å².